The molecule has 0 saturated heterocycles. The molecule has 24 heavy (non-hydrogen) atoms. The number of benzene rings is 2. The lowest BCUT2D eigenvalue weighted by molar-refractivity contribution is 0.132. The van der Waals surface area contributed by atoms with Crippen LogP contribution in [0.25, 0.3) is 0 Å². The summed E-state index contributed by atoms with van der Waals surface area (Å²) in [7, 11) is 1.59. The second-order valence-electron chi connectivity index (χ2n) is 4.73. The van der Waals surface area contributed by atoms with Gasteiger partial charge >= 0.3 is 0 Å². The number of oxime groups is 1. The van der Waals surface area contributed by atoms with E-state index in [-0.39, 0.29) is 6.61 Å². The Labute approximate surface area is 149 Å². The second kappa shape index (κ2) is 8.94. The molecule has 0 spiro atoms. The molecular weight excluding hydrogens is 372 g/mol. The van der Waals surface area contributed by atoms with E-state index in [1.807, 2.05) is 37.3 Å². The van der Waals surface area contributed by atoms with Crippen molar-refractivity contribution in [1.29, 1.82) is 5.26 Å². The summed E-state index contributed by atoms with van der Waals surface area (Å²) in [6.07, 6.45) is 1.58. The van der Waals surface area contributed by atoms with Gasteiger partial charge in [0.1, 0.15) is 6.61 Å². The standard InChI is InChI=1S/C18H17BrN2O3/c1-3-23-18-9-16(19)15(8-17(18)22-2)11-21-24-12-14-7-5-4-6-13(14)10-20/h4-9,11H,3,12H2,1-2H3/b21-11-. The molecule has 2 rings (SSSR count). The lowest BCUT2D eigenvalue weighted by atomic mass is 10.1. The highest BCUT2D eigenvalue weighted by Crippen LogP contribution is 2.32. The highest BCUT2D eigenvalue weighted by Gasteiger charge is 2.09. The maximum Gasteiger partial charge on any atom is 0.162 e. The van der Waals surface area contributed by atoms with E-state index in [1.165, 1.54) is 0 Å². The van der Waals surface area contributed by atoms with Gasteiger partial charge in [-0.1, -0.05) is 23.4 Å². The maximum atomic E-state index is 9.04. The number of ether oxygens (including phenoxy) is 2. The summed E-state index contributed by atoms with van der Waals surface area (Å²) < 4.78 is 11.6. The number of nitrogens with zero attached hydrogens (tertiary/aromatic N) is 2. The number of rotatable bonds is 7. The van der Waals surface area contributed by atoms with Gasteiger partial charge in [0.05, 0.1) is 31.6 Å². The van der Waals surface area contributed by atoms with Crippen LogP contribution in [0.1, 0.15) is 23.6 Å². The van der Waals surface area contributed by atoms with Gasteiger partial charge in [-0.2, -0.15) is 5.26 Å². The zero-order valence-electron chi connectivity index (χ0n) is 13.5. The molecule has 0 N–H and O–H groups in total. The summed E-state index contributed by atoms with van der Waals surface area (Å²) in [5, 5.41) is 13.0. The van der Waals surface area contributed by atoms with E-state index in [0.717, 1.165) is 15.6 Å². The highest BCUT2D eigenvalue weighted by atomic mass is 79.9. The summed E-state index contributed by atoms with van der Waals surface area (Å²) in [5.74, 6) is 1.28. The molecular formula is C18H17BrN2O3. The Bertz CT molecular complexity index is 769. The van der Waals surface area contributed by atoms with Gasteiger partial charge in [-0.15, -0.1) is 0 Å². The molecule has 0 heterocycles. The molecule has 124 valence electrons. The molecule has 0 bridgehead atoms. The van der Waals surface area contributed by atoms with Crippen LogP contribution >= 0.6 is 15.9 Å². The van der Waals surface area contributed by atoms with Crippen LogP contribution in [0, 0.1) is 11.3 Å². The van der Waals surface area contributed by atoms with Crippen molar-refractivity contribution in [2.24, 2.45) is 5.16 Å². The molecule has 0 aliphatic rings. The van der Waals surface area contributed by atoms with E-state index in [0.29, 0.717) is 23.7 Å². The SMILES string of the molecule is CCOc1cc(Br)c(/C=N\OCc2ccccc2C#N)cc1OC. The van der Waals surface area contributed by atoms with Gasteiger partial charge in [-0.3, -0.25) is 0 Å². The number of methoxy groups -OCH3 is 1. The number of hydrogen-bond acceptors (Lipinski definition) is 5. The minimum atomic E-state index is 0.228. The maximum absolute atomic E-state index is 9.04. The van der Waals surface area contributed by atoms with E-state index in [4.69, 9.17) is 19.6 Å². The average molecular weight is 389 g/mol. The van der Waals surface area contributed by atoms with E-state index >= 15 is 0 Å². The topological polar surface area (TPSA) is 63.8 Å². The zero-order chi connectivity index (χ0) is 17.4. The predicted octanol–water partition coefficient (Wildman–Crippen LogP) is 4.28. The first kappa shape index (κ1) is 17.8. The molecule has 2 aromatic carbocycles. The Kier molecular flexibility index (Phi) is 6.64. The summed E-state index contributed by atoms with van der Waals surface area (Å²) in [5.41, 5.74) is 2.17. The van der Waals surface area contributed by atoms with Gasteiger partial charge in [0, 0.05) is 15.6 Å². The van der Waals surface area contributed by atoms with Gasteiger partial charge in [0.2, 0.25) is 0 Å². The Morgan fingerprint density at radius 1 is 1.25 bits per heavy atom. The first-order chi connectivity index (χ1) is 11.7. The van der Waals surface area contributed by atoms with Gasteiger partial charge in [0.25, 0.3) is 0 Å². The Balaban J connectivity index is 2.08. The molecule has 0 aromatic heterocycles. The lowest BCUT2D eigenvalue weighted by Crippen LogP contribution is -1.97. The van der Waals surface area contributed by atoms with Gasteiger partial charge in [0.15, 0.2) is 11.5 Å². The van der Waals surface area contributed by atoms with Crippen LogP contribution < -0.4 is 9.47 Å². The third kappa shape index (κ3) is 4.49. The lowest BCUT2D eigenvalue weighted by Gasteiger charge is -2.11. The predicted molar refractivity (Wildman–Crippen MR) is 95.4 cm³/mol. The van der Waals surface area contributed by atoms with Gasteiger partial charge < -0.3 is 14.3 Å². The first-order valence-electron chi connectivity index (χ1n) is 7.33. The van der Waals surface area contributed by atoms with Crippen molar-refractivity contribution < 1.29 is 14.3 Å². The molecule has 0 aliphatic heterocycles. The molecule has 0 saturated carbocycles. The molecule has 2 aromatic rings. The van der Waals surface area contributed by atoms with Crippen LogP contribution in [0.15, 0.2) is 46.0 Å². The van der Waals surface area contributed by atoms with Crippen molar-refractivity contribution in [1.82, 2.24) is 0 Å². The smallest absolute Gasteiger partial charge is 0.162 e. The highest BCUT2D eigenvalue weighted by molar-refractivity contribution is 9.10. The summed E-state index contributed by atoms with van der Waals surface area (Å²) >= 11 is 3.47. The Morgan fingerprint density at radius 2 is 2.04 bits per heavy atom. The third-order valence-electron chi connectivity index (χ3n) is 3.21. The van der Waals surface area contributed by atoms with Gasteiger partial charge in [-0.25, -0.2) is 0 Å². The fourth-order valence-corrected chi connectivity index (χ4v) is 2.46. The summed E-state index contributed by atoms with van der Waals surface area (Å²) in [6, 6.07) is 13.0. The van der Waals surface area contributed by atoms with Crippen LogP contribution in [0.3, 0.4) is 0 Å². The quantitative estimate of drug-likeness (QED) is 0.524. The summed E-state index contributed by atoms with van der Waals surface area (Å²) in [4.78, 5) is 5.30. The van der Waals surface area contributed by atoms with Crippen molar-refractivity contribution in [3.8, 4) is 17.6 Å². The molecule has 6 heteroatoms. The minimum absolute atomic E-state index is 0.228. The van der Waals surface area contributed by atoms with E-state index in [9.17, 15) is 0 Å². The van der Waals surface area contributed by atoms with Crippen LogP contribution in [0.4, 0.5) is 0 Å². The minimum Gasteiger partial charge on any atom is -0.493 e. The number of halogens is 1. The third-order valence-corrected chi connectivity index (χ3v) is 3.89. The van der Waals surface area contributed by atoms with Crippen LogP contribution in [-0.2, 0) is 11.4 Å². The fourth-order valence-electron chi connectivity index (χ4n) is 2.03. The molecule has 0 radical (unpaired) electrons. The number of hydrogen-bond donors (Lipinski definition) is 0. The molecule has 5 nitrogen and oxygen atoms in total. The summed E-state index contributed by atoms with van der Waals surface area (Å²) in [6.45, 7) is 2.69. The van der Waals surface area contributed by atoms with Crippen molar-refractivity contribution in [3.05, 3.63) is 57.6 Å². The Morgan fingerprint density at radius 3 is 2.75 bits per heavy atom. The van der Waals surface area contributed by atoms with Crippen molar-refractivity contribution in [2.75, 3.05) is 13.7 Å². The Hall–Kier alpha value is -2.52. The van der Waals surface area contributed by atoms with Crippen molar-refractivity contribution in [2.45, 2.75) is 13.5 Å². The van der Waals surface area contributed by atoms with Crippen LogP contribution in [0.5, 0.6) is 11.5 Å². The van der Waals surface area contributed by atoms with E-state index < -0.39 is 0 Å². The molecule has 0 atom stereocenters. The molecule has 0 unspecified atom stereocenters. The zero-order valence-corrected chi connectivity index (χ0v) is 15.0. The number of nitriles is 1. The molecule has 0 amide bonds. The second-order valence-corrected chi connectivity index (χ2v) is 5.59. The van der Waals surface area contributed by atoms with E-state index in [2.05, 4.69) is 27.2 Å². The first-order valence-corrected chi connectivity index (χ1v) is 8.12. The average Bonchev–Trinajstić information content (AvgIpc) is 2.60. The fraction of sp³-hybridized carbons (Fsp3) is 0.222. The van der Waals surface area contributed by atoms with Gasteiger partial charge in [-0.05, 0) is 41.1 Å². The largest absolute Gasteiger partial charge is 0.493 e. The van der Waals surface area contributed by atoms with Crippen molar-refractivity contribution in [3.63, 3.8) is 0 Å². The van der Waals surface area contributed by atoms with E-state index in [1.54, 1.807) is 19.4 Å². The molecule has 0 aliphatic carbocycles. The van der Waals surface area contributed by atoms with Crippen LogP contribution in [0.2, 0.25) is 0 Å². The van der Waals surface area contributed by atoms with Crippen molar-refractivity contribution >= 4 is 22.1 Å². The normalized spacial score (nSPS) is 10.4. The van der Waals surface area contributed by atoms with Crippen LogP contribution in [-0.4, -0.2) is 19.9 Å². The molecule has 0 fully saturated rings. The monoisotopic (exact) mass is 388 g/mol.